The Morgan fingerprint density at radius 3 is 2.65 bits per heavy atom. The van der Waals surface area contributed by atoms with Crippen LogP contribution in [0.1, 0.15) is 31.7 Å². The molecule has 1 aliphatic rings. The fourth-order valence-electron chi connectivity index (χ4n) is 2.02. The monoisotopic (exact) mass is 360 g/mol. The molecule has 1 N–H and O–H groups in total. The molecule has 1 saturated carbocycles. The zero-order chi connectivity index (χ0) is 14.8. The first kappa shape index (κ1) is 15.9. The lowest BCUT2D eigenvalue weighted by Gasteiger charge is -2.17. The number of sulfonamides is 1. The van der Waals surface area contributed by atoms with Crippen LogP contribution in [0.2, 0.25) is 0 Å². The van der Waals surface area contributed by atoms with Crippen molar-refractivity contribution in [2.75, 3.05) is 13.6 Å². The number of halogens is 1. The third-order valence-electron chi connectivity index (χ3n) is 3.40. The first-order valence-electron chi connectivity index (χ1n) is 6.93. The van der Waals surface area contributed by atoms with E-state index < -0.39 is 10.0 Å². The van der Waals surface area contributed by atoms with Crippen molar-refractivity contribution in [3.8, 4) is 0 Å². The largest absolute Gasteiger partial charge is 0.310 e. The highest BCUT2D eigenvalue weighted by Gasteiger charge is 2.23. The molecule has 112 valence electrons. The maximum atomic E-state index is 12.4. The Hall–Kier alpha value is -0.430. The van der Waals surface area contributed by atoms with Gasteiger partial charge in [0.15, 0.2) is 0 Å². The summed E-state index contributed by atoms with van der Waals surface area (Å²) in [5, 5.41) is 3.42. The summed E-state index contributed by atoms with van der Waals surface area (Å²) in [4.78, 5) is 0.337. The van der Waals surface area contributed by atoms with Crippen LogP contribution in [0.5, 0.6) is 0 Å². The van der Waals surface area contributed by atoms with Gasteiger partial charge in [-0.05, 0) is 52.9 Å². The molecule has 0 aromatic heterocycles. The number of hydrogen-bond donors (Lipinski definition) is 1. The Morgan fingerprint density at radius 1 is 1.40 bits per heavy atom. The summed E-state index contributed by atoms with van der Waals surface area (Å²) >= 11 is 3.39. The van der Waals surface area contributed by atoms with E-state index in [0.717, 1.165) is 18.5 Å². The Kier molecular flexibility index (Phi) is 5.23. The number of benzene rings is 1. The van der Waals surface area contributed by atoms with E-state index in [9.17, 15) is 8.42 Å². The summed E-state index contributed by atoms with van der Waals surface area (Å²) in [7, 11) is -1.78. The average Bonchev–Trinajstić information content (AvgIpc) is 3.20. The molecule has 1 aromatic rings. The van der Waals surface area contributed by atoms with Gasteiger partial charge in [0.2, 0.25) is 10.0 Å². The molecular weight excluding hydrogens is 340 g/mol. The SMILES string of the molecule is CCCN(C)S(=O)(=O)c1ccc(CNC2CC2)cc1Br. The van der Waals surface area contributed by atoms with Crippen LogP contribution in [0.3, 0.4) is 0 Å². The molecule has 1 aliphatic carbocycles. The topological polar surface area (TPSA) is 49.4 Å². The van der Waals surface area contributed by atoms with E-state index in [4.69, 9.17) is 0 Å². The van der Waals surface area contributed by atoms with Crippen molar-refractivity contribution in [2.45, 2.75) is 43.7 Å². The molecule has 0 heterocycles. The summed E-state index contributed by atoms with van der Waals surface area (Å²) in [6, 6.07) is 6.11. The predicted molar refractivity (Wildman–Crippen MR) is 84.1 cm³/mol. The molecule has 6 heteroatoms. The number of rotatable bonds is 7. The summed E-state index contributed by atoms with van der Waals surface area (Å²) in [5.41, 5.74) is 1.10. The highest BCUT2D eigenvalue weighted by molar-refractivity contribution is 9.10. The van der Waals surface area contributed by atoms with E-state index >= 15 is 0 Å². The number of hydrogen-bond acceptors (Lipinski definition) is 3. The Bertz CT molecular complexity index is 571. The molecule has 4 nitrogen and oxygen atoms in total. The van der Waals surface area contributed by atoms with Crippen molar-refractivity contribution in [2.24, 2.45) is 0 Å². The van der Waals surface area contributed by atoms with Crippen LogP contribution in [0.15, 0.2) is 27.6 Å². The third kappa shape index (κ3) is 3.81. The molecular formula is C14H21BrN2O2S. The van der Waals surface area contributed by atoms with Crippen LogP contribution in [-0.2, 0) is 16.6 Å². The highest BCUT2D eigenvalue weighted by Crippen LogP contribution is 2.26. The van der Waals surface area contributed by atoms with E-state index in [1.807, 2.05) is 19.1 Å². The maximum absolute atomic E-state index is 12.4. The van der Waals surface area contributed by atoms with E-state index in [-0.39, 0.29) is 0 Å². The minimum Gasteiger partial charge on any atom is -0.310 e. The molecule has 0 unspecified atom stereocenters. The van der Waals surface area contributed by atoms with Crippen LogP contribution in [-0.4, -0.2) is 32.4 Å². The summed E-state index contributed by atoms with van der Waals surface area (Å²) in [6.07, 6.45) is 3.29. The molecule has 0 bridgehead atoms. The number of nitrogens with zero attached hydrogens (tertiary/aromatic N) is 1. The highest BCUT2D eigenvalue weighted by atomic mass is 79.9. The van der Waals surface area contributed by atoms with E-state index in [0.29, 0.717) is 22.0 Å². The van der Waals surface area contributed by atoms with E-state index in [1.54, 1.807) is 13.1 Å². The molecule has 0 spiro atoms. The first-order valence-corrected chi connectivity index (χ1v) is 9.16. The van der Waals surface area contributed by atoms with Gasteiger partial charge in [0, 0.05) is 30.7 Å². The summed E-state index contributed by atoms with van der Waals surface area (Å²) in [5.74, 6) is 0. The van der Waals surface area contributed by atoms with Crippen molar-refractivity contribution in [3.05, 3.63) is 28.2 Å². The van der Waals surface area contributed by atoms with Crippen molar-refractivity contribution in [3.63, 3.8) is 0 Å². The van der Waals surface area contributed by atoms with Gasteiger partial charge in [-0.15, -0.1) is 0 Å². The second kappa shape index (κ2) is 6.56. The predicted octanol–water partition coefficient (Wildman–Crippen LogP) is 2.73. The van der Waals surface area contributed by atoms with E-state index in [2.05, 4.69) is 21.2 Å². The Labute approximate surface area is 129 Å². The standard InChI is InChI=1S/C14H21BrN2O2S/c1-3-8-17(2)20(18,19)14-7-4-11(9-13(14)15)10-16-12-5-6-12/h4,7,9,12,16H,3,5-6,8,10H2,1-2H3. The smallest absolute Gasteiger partial charge is 0.243 e. The molecule has 0 saturated heterocycles. The normalized spacial score (nSPS) is 15.8. The summed E-state index contributed by atoms with van der Waals surface area (Å²) < 4.78 is 26.9. The van der Waals surface area contributed by atoms with Gasteiger partial charge in [-0.1, -0.05) is 13.0 Å². The Morgan fingerprint density at radius 2 is 2.10 bits per heavy atom. The van der Waals surface area contributed by atoms with E-state index in [1.165, 1.54) is 17.1 Å². The van der Waals surface area contributed by atoms with Gasteiger partial charge in [0.1, 0.15) is 0 Å². The molecule has 2 rings (SSSR count). The molecule has 20 heavy (non-hydrogen) atoms. The zero-order valence-corrected chi connectivity index (χ0v) is 14.3. The molecule has 0 atom stereocenters. The summed E-state index contributed by atoms with van der Waals surface area (Å²) in [6.45, 7) is 3.28. The van der Waals surface area contributed by atoms with Gasteiger partial charge >= 0.3 is 0 Å². The fraction of sp³-hybridized carbons (Fsp3) is 0.571. The van der Waals surface area contributed by atoms with Gasteiger partial charge in [-0.2, -0.15) is 0 Å². The van der Waals surface area contributed by atoms with Gasteiger partial charge in [0.25, 0.3) is 0 Å². The van der Waals surface area contributed by atoms with Gasteiger partial charge in [-0.25, -0.2) is 12.7 Å². The first-order chi connectivity index (χ1) is 9.45. The van der Waals surface area contributed by atoms with Crippen LogP contribution < -0.4 is 5.32 Å². The van der Waals surface area contributed by atoms with Crippen LogP contribution >= 0.6 is 15.9 Å². The molecule has 1 aromatic carbocycles. The zero-order valence-electron chi connectivity index (χ0n) is 11.9. The van der Waals surface area contributed by atoms with Gasteiger partial charge in [-0.3, -0.25) is 0 Å². The second-order valence-corrected chi connectivity index (χ2v) is 8.11. The lowest BCUT2D eigenvalue weighted by Crippen LogP contribution is -2.28. The van der Waals surface area contributed by atoms with Crippen molar-refractivity contribution < 1.29 is 8.42 Å². The fourth-order valence-corrected chi connectivity index (χ4v) is 4.36. The van der Waals surface area contributed by atoms with Gasteiger partial charge < -0.3 is 5.32 Å². The molecule has 0 aliphatic heterocycles. The minimum absolute atomic E-state index is 0.337. The molecule has 0 radical (unpaired) electrons. The third-order valence-corrected chi connectivity index (χ3v) is 6.23. The Balaban J connectivity index is 2.15. The second-order valence-electron chi connectivity index (χ2n) is 5.25. The number of nitrogens with one attached hydrogen (secondary N) is 1. The van der Waals surface area contributed by atoms with Gasteiger partial charge in [0.05, 0.1) is 4.90 Å². The van der Waals surface area contributed by atoms with Crippen LogP contribution in [0, 0.1) is 0 Å². The molecule has 0 amide bonds. The van der Waals surface area contributed by atoms with Crippen LogP contribution in [0.25, 0.3) is 0 Å². The quantitative estimate of drug-likeness (QED) is 0.813. The van der Waals surface area contributed by atoms with Crippen molar-refractivity contribution in [1.29, 1.82) is 0 Å². The average molecular weight is 361 g/mol. The van der Waals surface area contributed by atoms with Crippen LogP contribution in [0.4, 0.5) is 0 Å². The lowest BCUT2D eigenvalue weighted by atomic mass is 10.2. The van der Waals surface area contributed by atoms with Crippen molar-refractivity contribution >= 4 is 26.0 Å². The maximum Gasteiger partial charge on any atom is 0.243 e. The molecule has 1 fully saturated rings. The van der Waals surface area contributed by atoms with Crippen molar-refractivity contribution in [1.82, 2.24) is 9.62 Å². The minimum atomic E-state index is -3.40. The lowest BCUT2D eigenvalue weighted by molar-refractivity contribution is 0.468.